The van der Waals surface area contributed by atoms with E-state index < -0.39 is 0 Å². The van der Waals surface area contributed by atoms with Crippen LogP contribution in [0.4, 0.5) is 5.82 Å². The van der Waals surface area contributed by atoms with Crippen LogP contribution in [0.25, 0.3) is 0 Å². The number of aromatic nitrogens is 2. The van der Waals surface area contributed by atoms with Gasteiger partial charge in [0.2, 0.25) is 0 Å². The van der Waals surface area contributed by atoms with Crippen molar-refractivity contribution in [3.8, 4) is 0 Å². The normalized spacial score (nSPS) is 12.2. The quantitative estimate of drug-likeness (QED) is 0.934. The zero-order chi connectivity index (χ0) is 13.8. The van der Waals surface area contributed by atoms with Crippen molar-refractivity contribution in [3.63, 3.8) is 0 Å². The van der Waals surface area contributed by atoms with Gasteiger partial charge < -0.3 is 10.0 Å². The summed E-state index contributed by atoms with van der Waals surface area (Å²) in [5.74, 6) is 0.740. The Hall–Kier alpha value is -1.65. The molecular formula is C14H16ClN3O. The Kier molecular flexibility index (Phi) is 4.35. The number of hydrogen-bond donors (Lipinski definition) is 1. The van der Waals surface area contributed by atoms with Gasteiger partial charge in [-0.3, -0.25) is 0 Å². The summed E-state index contributed by atoms with van der Waals surface area (Å²) in [5, 5.41) is 17.7. The Morgan fingerprint density at radius 2 is 1.95 bits per heavy atom. The minimum Gasteiger partial charge on any atom is -0.390 e. The van der Waals surface area contributed by atoms with Gasteiger partial charge in [0.15, 0.2) is 5.82 Å². The molecule has 1 aromatic heterocycles. The van der Waals surface area contributed by atoms with Crippen LogP contribution in [0.15, 0.2) is 36.4 Å². The van der Waals surface area contributed by atoms with Crippen molar-refractivity contribution < 1.29 is 5.11 Å². The monoisotopic (exact) mass is 277 g/mol. The van der Waals surface area contributed by atoms with Crippen molar-refractivity contribution in [2.75, 3.05) is 11.9 Å². The Balaban J connectivity index is 2.23. The van der Waals surface area contributed by atoms with Crippen molar-refractivity contribution in [2.45, 2.75) is 19.6 Å². The third-order valence-electron chi connectivity index (χ3n) is 3.17. The number of aliphatic hydroxyl groups excluding tert-OH is 1. The smallest absolute Gasteiger partial charge is 0.151 e. The predicted octanol–water partition coefficient (Wildman–Crippen LogP) is 2.82. The van der Waals surface area contributed by atoms with Crippen LogP contribution in [-0.4, -0.2) is 22.4 Å². The minimum absolute atomic E-state index is 0.0861. The van der Waals surface area contributed by atoms with E-state index >= 15 is 0 Å². The second-order valence-corrected chi connectivity index (χ2v) is 4.76. The zero-order valence-corrected chi connectivity index (χ0v) is 11.7. The molecule has 1 heterocycles. The van der Waals surface area contributed by atoms with E-state index in [1.54, 1.807) is 6.07 Å². The first-order valence-corrected chi connectivity index (χ1v) is 6.42. The van der Waals surface area contributed by atoms with Crippen LogP contribution >= 0.6 is 11.6 Å². The van der Waals surface area contributed by atoms with Crippen LogP contribution in [0, 0.1) is 0 Å². The van der Waals surface area contributed by atoms with Gasteiger partial charge >= 0.3 is 0 Å². The van der Waals surface area contributed by atoms with E-state index in [0.717, 1.165) is 16.4 Å². The average Bonchev–Trinajstić information content (AvgIpc) is 2.46. The van der Waals surface area contributed by atoms with Gasteiger partial charge in [-0.05, 0) is 30.7 Å². The van der Waals surface area contributed by atoms with E-state index in [1.165, 1.54) is 0 Å². The number of hydrogen-bond acceptors (Lipinski definition) is 4. The van der Waals surface area contributed by atoms with Gasteiger partial charge in [0.05, 0.1) is 18.3 Å². The van der Waals surface area contributed by atoms with Gasteiger partial charge in [-0.2, -0.15) is 5.10 Å². The molecule has 100 valence electrons. The van der Waals surface area contributed by atoms with E-state index in [2.05, 4.69) is 17.1 Å². The molecular weight excluding hydrogens is 262 g/mol. The molecule has 2 aromatic rings. The van der Waals surface area contributed by atoms with Crippen LogP contribution in [0.1, 0.15) is 24.2 Å². The molecule has 1 unspecified atom stereocenters. The Bertz CT molecular complexity index is 545. The summed E-state index contributed by atoms with van der Waals surface area (Å²) in [5.41, 5.74) is 1.60. The Morgan fingerprint density at radius 1 is 1.21 bits per heavy atom. The van der Waals surface area contributed by atoms with Gasteiger partial charge in [0.1, 0.15) is 0 Å². The van der Waals surface area contributed by atoms with Gasteiger partial charge in [-0.15, -0.1) is 5.10 Å². The largest absolute Gasteiger partial charge is 0.390 e. The molecule has 0 saturated carbocycles. The fourth-order valence-electron chi connectivity index (χ4n) is 1.85. The van der Waals surface area contributed by atoms with E-state index in [9.17, 15) is 0 Å². The highest BCUT2D eigenvalue weighted by Crippen LogP contribution is 2.28. The molecule has 0 aliphatic rings. The summed E-state index contributed by atoms with van der Waals surface area (Å²) >= 11 is 6.20. The van der Waals surface area contributed by atoms with Gasteiger partial charge in [-0.25, -0.2) is 0 Å². The summed E-state index contributed by atoms with van der Waals surface area (Å²) in [6.07, 6.45) is 0. The topological polar surface area (TPSA) is 49.2 Å². The van der Waals surface area contributed by atoms with E-state index in [4.69, 9.17) is 16.7 Å². The lowest BCUT2D eigenvalue weighted by molar-refractivity contribution is 0.275. The van der Waals surface area contributed by atoms with Crippen molar-refractivity contribution in [1.29, 1.82) is 0 Å². The van der Waals surface area contributed by atoms with Gasteiger partial charge in [0.25, 0.3) is 0 Å². The molecule has 4 nitrogen and oxygen atoms in total. The minimum atomic E-state index is -0.100. The second-order valence-electron chi connectivity index (χ2n) is 4.35. The molecule has 1 aromatic carbocycles. The zero-order valence-electron chi connectivity index (χ0n) is 10.9. The number of nitrogens with zero attached hydrogens (tertiary/aromatic N) is 3. The maximum absolute atomic E-state index is 8.96. The lowest BCUT2D eigenvalue weighted by Crippen LogP contribution is -2.23. The van der Waals surface area contributed by atoms with Crippen LogP contribution < -0.4 is 4.90 Å². The van der Waals surface area contributed by atoms with Crippen LogP contribution in [0.5, 0.6) is 0 Å². The molecule has 0 aliphatic heterocycles. The fraction of sp³-hybridized carbons (Fsp3) is 0.286. The summed E-state index contributed by atoms with van der Waals surface area (Å²) in [6.45, 7) is 1.96. The van der Waals surface area contributed by atoms with E-state index in [1.807, 2.05) is 42.3 Å². The molecule has 1 N–H and O–H groups in total. The van der Waals surface area contributed by atoms with Crippen LogP contribution in [-0.2, 0) is 6.61 Å². The summed E-state index contributed by atoms with van der Waals surface area (Å²) in [6, 6.07) is 11.4. The van der Waals surface area contributed by atoms with Crippen LogP contribution in [0.2, 0.25) is 5.02 Å². The third-order valence-corrected chi connectivity index (χ3v) is 3.51. The maximum atomic E-state index is 8.96. The molecule has 0 fully saturated rings. The van der Waals surface area contributed by atoms with Gasteiger partial charge in [-0.1, -0.05) is 29.8 Å². The van der Waals surface area contributed by atoms with Crippen molar-refractivity contribution in [2.24, 2.45) is 0 Å². The first-order valence-electron chi connectivity index (χ1n) is 6.04. The Labute approximate surface area is 117 Å². The fourth-order valence-corrected chi connectivity index (χ4v) is 2.14. The Morgan fingerprint density at radius 3 is 2.53 bits per heavy atom. The van der Waals surface area contributed by atoms with Crippen LogP contribution in [0.3, 0.4) is 0 Å². The van der Waals surface area contributed by atoms with Crippen molar-refractivity contribution in [3.05, 3.63) is 52.7 Å². The first-order chi connectivity index (χ1) is 9.13. The van der Waals surface area contributed by atoms with Crippen molar-refractivity contribution in [1.82, 2.24) is 10.2 Å². The number of aliphatic hydroxyl groups is 1. The molecule has 19 heavy (non-hydrogen) atoms. The number of anilines is 1. The summed E-state index contributed by atoms with van der Waals surface area (Å²) in [7, 11) is 1.94. The molecule has 0 bridgehead atoms. The third kappa shape index (κ3) is 3.03. The average molecular weight is 278 g/mol. The molecule has 5 heteroatoms. The van der Waals surface area contributed by atoms with Crippen molar-refractivity contribution >= 4 is 17.4 Å². The molecule has 0 amide bonds. The number of benzene rings is 1. The maximum Gasteiger partial charge on any atom is 0.151 e. The van der Waals surface area contributed by atoms with E-state index in [-0.39, 0.29) is 12.6 Å². The lowest BCUT2D eigenvalue weighted by Gasteiger charge is -2.26. The SMILES string of the molecule is CC(c1ccccc1Cl)N(C)c1ccc(CO)nn1. The molecule has 0 spiro atoms. The lowest BCUT2D eigenvalue weighted by atomic mass is 10.1. The molecule has 0 radical (unpaired) electrons. The number of rotatable bonds is 4. The molecule has 0 aliphatic carbocycles. The highest BCUT2D eigenvalue weighted by Gasteiger charge is 2.16. The molecule has 0 saturated heterocycles. The highest BCUT2D eigenvalue weighted by molar-refractivity contribution is 6.31. The number of halogens is 1. The molecule has 1 atom stereocenters. The summed E-state index contributed by atoms with van der Waals surface area (Å²) < 4.78 is 0. The molecule has 2 rings (SSSR count). The summed E-state index contributed by atoms with van der Waals surface area (Å²) in [4.78, 5) is 2.00. The predicted molar refractivity (Wildman–Crippen MR) is 76.2 cm³/mol. The van der Waals surface area contributed by atoms with E-state index in [0.29, 0.717) is 5.69 Å². The highest BCUT2D eigenvalue weighted by atomic mass is 35.5. The van der Waals surface area contributed by atoms with Gasteiger partial charge in [0, 0.05) is 12.1 Å². The second kappa shape index (κ2) is 5.99. The first kappa shape index (κ1) is 13.8. The standard InChI is InChI=1S/C14H16ClN3O/c1-10(12-5-3-4-6-13(12)15)18(2)14-8-7-11(9-19)16-17-14/h3-8,10,19H,9H2,1-2H3.